The van der Waals surface area contributed by atoms with Crippen LogP contribution in [0.4, 0.5) is 5.69 Å². The van der Waals surface area contributed by atoms with E-state index in [1.807, 2.05) is 53.2 Å². The Bertz CT molecular complexity index is 970. The van der Waals surface area contributed by atoms with Gasteiger partial charge in [0.15, 0.2) is 5.82 Å². The Morgan fingerprint density at radius 1 is 1.21 bits per heavy atom. The minimum absolute atomic E-state index is 0.0447. The maximum atomic E-state index is 12.2. The van der Waals surface area contributed by atoms with E-state index in [0.29, 0.717) is 25.5 Å². The highest BCUT2D eigenvalue weighted by molar-refractivity contribution is 9.10. The number of carbonyl (C=O) groups excluding carboxylic acids is 1. The maximum absolute atomic E-state index is 12.2. The number of carbonyl (C=O) groups is 1. The molecular formula is C20H20BrN5O2. The first-order chi connectivity index (χ1) is 13.7. The van der Waals surface area contributed by atoms with Crippen LogP contribution in [0.1, 0.15) is 31.7 Å². The van der Waals surface area contributed by atoms with Gasteiger partial charge in [-0.15, -0.1) is 5.10 Å². The second kappa shape index (κ2) is 8.52. The summed E-state index contributed by atoms with van der Waals surface area (Å²) in [7, 11) is 0. The molecule has 2 aromatic carbocycles. The summed E-state index contributed by atoms with van der Waals surface area (Å²) in [5.74, 6) is 1.48. The minimum atomic E-state index is -0.0447. The summed E-state index contributed by atoms with van der Waals surface area (Å²) in [4.78, 5) is 12.2. The average Bonchev–Trinajstić information content (AvgIpc) is 3.42. The van der Waals surface area contributed by atoms with Crippen LogP contribution in [0, 0.1) is 0 Å². The zero-order valence-electron chi connectivity index (χ0n) is 15.2. The normalized spacial score (nSPS) is 13.3. The number of rotatable bonds is 8. The molecule has 1 saturated carbocycles. The van der Waals surface area contributed by atoms with Gasteiger partial charge in [0.2, 0.25) is 5.91 Å². The highest BCUT2D eigenvalue weighted by atomic mass is 79.9. The van der Waals surface area contributed by atoms with Gasteiger partial charge in [-0.2, -0.15) is 0 Å². The lowest BCUT2D eigenvalue weighted by Crippen LogP contribution is -2.13. The first kappa shape index (κ1) is 18.6. The molecule has 1 aliphatic carbocycles. The zero-order chi connectivity index (χ0) is 19.3. The molecule has 1 aliphatic rings. The van der Waals surface area contributed by atoms with E-state index in [2.05, 4.69) is 36.8 Å². The molecule has 28 heavy (non-hydrogen) atoms. The largest absolute Gasteiger partial charge is 0.494 e. The van der Waals surface area contributed by atoms with Crippen molar-refractivity contribution in [3.05, 3.63) is 53.0 Å². The van der Waals surface area contributed by atoms with E-state index in [4.69, 9.17) is 4.74 Å². The first-order valence-corrected chi connectivity index (χ1v) is 10.0. The molecular weight excluding hydrogens is 422 g/mol. The van der Waals surface area contributed by atoms with Crippen LogP contribution in [0.25, 0.3) is 11.4 Å². The van der Waals surface area contributed by atoms with Gasteiger partial charge in [0.25, 0.3) is 0 Å². The molecule has 1 amide bonds. The molecule has 7 nitrogen and oxygen atoms in total. The third-order valence-electron chi connectivity index (χ3n) is 4.40. The number of tetrazole rings is 1. The van der Waals surface area contributed by atoms with Crippen LogP contribution in [0.3, 0.4) is 0 Å². The lowest BCUT2D eigenvalue weighted by Gasteiger charge is -2.09. The van der Waals surface area contributed by atoms with E-state index in [0.717, 1.165) is 40.1 Å². The van der Waals surface area contributed by atoms with Crippen molar-refractivity contribution in [1.29, 1.82) is 0 Å². The molecule has 1 aromatic heterocycles. The number of benzene rings is 2. The van der Waals surface area contributed by atoms with Crippen LogP contribution in [-0.2, 0) is 4.79 Å². The van der Waals surface area contributed by atoms with Gasteiger partial charge >= 0.3 is 0 Å². The van der Waals surface area contributed by atoms with Crippen molar-refractivity contribution in [2.45, 2.75) is 31.7 Å². The molecule has 0 bridgehead atoms. The molecule has 144 valence electrons. The van der Waals surface area contributed by atoms with Gasteiger partial charge in [-0.1, -0.05) is 34.1 Å². The van der Waals surface area contributed by atoms with Gasteiger partial charge in [0, 0.05) is 22.1 Å². The fourth-order valence-corrected chi connectivity index (χ4v) is 3.27. The van der Waals surface area contributed by atoms with Gasteiger partial charge in [-0.25, -0.2) is 4.68 Å². The number of aromatic nitrogens is 4. The summed E-state index contributed by atoms with van der Waals surface area (Å²) < 4.78 is 8.49. The van der Waals surface area contributed by atoms with Crippen LogP contribution in [0.5, 0.6) is 5.75 Å². The Morgan fingerprint density at radius 3 is 2.89 bits per heavy atom. The molecule has 0 atom stereocenters. The topological polar surface area (TPSA) is 81.9 Å². The Labute approximate surface area is 171 Å². The number of halogens is 1. The smallest absolute Gasteiger partial charge is 0.224 e. The molecule has 1 heterocycles. The average molecular weight is 442 g/mol. The Balaban J connectivity index is 1.29. The number of hydrogen-bond acceptors (Lipinski definition) is 5. The highest BCUT2D eigenvalue weighted by Gasteiger charge is 2.28. The lowest BCUT2D eigenvalue weighted by molar-refractivity contribution is -0.116. The van der Waals surface area contributed by atoms with Crippen molar-refractivity contribution < 1.29 is 9.53 Å². The molecule has 3 aromatic rings. The van der Waals surface area contributed by atoms with E-state index in [1.165, 1.54) is 0 Å². The molecule has 0 aliphatic heterocycles. The summed E-state index contributed by atoms with van der Waals surface area (Å²) in [5, 5.41) is 14.9. The van der Waals surface area contributed by atoms with E-state index in [-0.39, 0.29) is 5.91 Å². The number of ether oxygens (including phenoxy) is 1. The van der Waals surface area contributed by atoms with Gasteiger partial charge in [0.1, 0.15) is 5.75 Å². The van der Waals surface area contributed by atoms with E-state index in [9.17, 15) is 4.79 Å². The molecule has 0 unspecified atom stereocenters. The summed E-state index contributed by atoms with van der Waals surface area (Å²) in [6.07, 6.45) is 3.24. The third-order valence-corrected chi connectivity index (χ3v) is 4.90. The fourth-order valence-electron chi connectivity index (χ4n) is 2.89. The molecule has 4 rings (SSSR count). The summed E-state index contributed by atoms with van der Waals surface area (Å²) in [6.45, 7) is 0.486. The van der Waals surface area contributed by atoms with Crippen LogP contribution < -0.4 is 10.1 Å². The number of nitrogens with one attached hydrogen (secondary N) is 1. The number of nitrogens with zero attached hydrogens (tertiary/aromatic N) is 4. The van der Waals surface area contributed by atoms with E-state index < -0.39 is 0 Å². The second-order valence-corrected chi connectivity index (χ2v) is 7.63. The molecule has 1 N–H and O–H groups in total. The predicted molar refractivity (Wildman–Crippen MR) is 109 cm³/mol. The van der Waals surface area contributed by atoms with Crippen molar-refractivity contribution in [2.24, 2.45) is 0 Å². The zero-order valence-corrected chi connectivity index (χ0v) is 16.8. The monoisotopic (exact) mass is 441 g/mol. The van der Waals surface area contributed by atoms with Crippen molar-refractivity contribution >= 4 is 27.5 Å². The van der Waals surface area contributed by atoms with Gasteiger partial charge < -0.3 is 10.1 Å². The summed E-state index contributed by atoms with van der Waals surface area (Å²) in [5.41, 5.74) is 1.63. The third kappa shape index (κ3) is 4.75. The van der Waals surface area contributed by atoms with Crippen molar-refractivity contribution in [3.8, 4) is 17.1 Å². The van der Waals surface area contributed by atoms with Gasteiger partial charge in [-0.3, -0.25) is 4.79 Å². The van der Waals surface area contributed by atoms with Crippen molar-refractivity contribution in [2.75, 3.05) is 11.9 Å². The SMILES string of the molecule is O=C(CCCOc1cccc(Br)c1)Nc1cccc(-c2nnnn2C2CC2)c1. The fraction of sp³-hybridized carbons (Fsp3) is 0.300. The minimum Gasteiger partial charge on any atom is -0.494 e. The number of anilines is 1. The summed E-state index contributed by atoms with van der Waals surface area (Å²) >= 11 is 3.41. The van der Waals surface area contributed by atoms with Crippen LogP contribution in [0.2, 0.25) is 0 Å². The molecule has 1 fully saturated rings. The Kier molecular flexibility index (Phi) is 5.66. The predicted octanol–water partition coefficient (Wildman–Crippen LogP) is 4.24. The maximum Gasteiger partial charge on any atom is 0.224 e. The van der Waals surface area contributed by atoms with Crippen LogP contribution in [0.15, 0.2) is 53.0 Å². The Hall–Kier alpha value is -2.74. The first-order valence-electron chi connectivity index (χ1n) is 9.25. The van der Waals surface area contributed by atoms with Crippen molar-refractivity contribution in [1.82, 2.24) is 20.2 Å². The van der Waals surface area contributed by atoms with Crippen LogP contribution >= 0.6 is 15.9 Å². The number of amides is 1. The quantitative estimate of drug-likeness (QED) is 0.528. The van der Waals surface area contributed by atoms with Gasteiger partial charge in [0.05, 0.1) is 12.6 Å². The lowest BCUT2D eigenvalue weighted by atomic mass is 10.2. The van der Waals surface area contributed by atoms with Gasteiger partial charge in [-0.05, 0) is 60.0 Å². The molecule has 8 heteroatoms. The molecule has 0 spiro atoms. The molecule has 0 radical (unpaired) electrons. The molecule has 0 saturated heterocycles. The van der Waals surface area contributed by atoms with E-state index in [1.54, 1.807) is 0 Å². The standard InChI is InChI=1S/C20H20BrN5O2/c21-15-5-2-7-18(13-15)28-11-3-8-19(27)22-16-6-1-4-14(12-16)20-23-24-25-26(20)17-9-10-17/h1-2,4-7,12-13,17H,3,8-11H2,(H,22,27). The number of hydrogen-bond donors (Lipinski definition) is 1. The second-order valence-electron chi connectivity index (χ2n) is 6.72. The van der Waals surface area contributed by atoms with Crippen LogP contribution in [-0.4, -0.2) is 32.7 Å². The van der Waals surface area contributed by atoms with E-state index >= 15 is 0 Å². The highest BCUT2D eigenvalue weighted by Crippen LogP contribution is 2.36. The van der Waals surface area contributed by atoms with Crippen molar-refractivity contribution in [3.63, 3.8) is 0 Å². The Morgan fingerprint density at radius 2 is 2.07 bits per heavy atom. The summed E-state index contributed by atoms with van der Waals surface area (Å²) in [6, 6.07) is 15.7.